The molecule has 6 nitrogen and oxygen atoms in total. The number of hydrogen-bond donors (Lipinski definition) is 1. The summed E-state index contributed by atoms with van der Waals surface area (Å²) in [5.41, 5.74) is 1.21. The fraction of sp³-hybridized carbons (Fsp3) is 0.545. The van der Waals surface area contributed by atoms with Gasteiger partial charge in [0.2, 0.25) is 0 Å². The van der Waals surface area contributed by atoms with E-state index in [1.807, 2.05) is 6.92 Å². The van der Waals surface area contributed by atoms with Crippen LogP contribution in [-0.2, 0) is 11.8 Å². The number of amides is 1. The molecule has 0 radical (unpaired) electrons. The van der Waals surface area contributed by atoms with E-state index in [0.717, 1.165) is 5.69 Å². The second-order valence-corrected chi connectivity index (χ2v) is 5.62. The Balaban J connectivity index is 2.32. The topological polar surface area (TPSA) is 75.4 Å². The first-order valence-electron chi connectivity index (χ1n) is 5.59. The molecule has 1 saturated heterocycles. The molecular formula is C11H15N3O3S. The summed E-state index contributed by atoms with van der Waals surface area (Å²) in [5.74, 6) is -0.783. The molecule has 1 N–H and O–H groups in total. The molecule has 7 heteroatoms. The zero-order valence-electron chi connectivity index (χ0n) is 10.5. The molecule has 1 fully saturated rings. The molecule has 0 bridgehead atoms. The van der Waals surface area contributed by atoms with Crippen LogP contribution in [0.2, 0.25) is 0 Å². The molecule has 0 spiro atoms. The van der Waals surface area contributed by atoms with Crippen molar-refractivity contribution in [3.8, 4) is 0 Å². The Kier molecular flexibility index (Phi) is 3.34. The van der Waals surface area contributed by atoms with Crippen LogP contribution in [0.15, 0.2) is 6.20 Å². The van der Waals surface area contributed by atoms with Gasteiger partial charge in [-0.2, -0.15) is 5.10 Å². The first-order chi connectivity index (χ1) is 8.43. The number of carbonyl (C=O) groups is 2. The molecule has 1 aromatic heterocycles. The number of carboxylic acids is 1. The Morgan fingerprint density at radius 1 is 1.56 bits per heavy atom. The molecule has 0 aliphatic carbocycles. The highest BCUT2D eigenvalue weighted by molar-refractivity contribution is 8.00. The van der Waals surface area contributed by atoms with Crippen molar-refractivity contribution in [3.05, 3.63) is 17.5 Å². The van der Waals surface area contributed by atoms with Crippen LogP contribution in [-0.4, -0.2) is 48.8 Å². The van der Waals surface area contributed by atoms with E-state index in [4.69, 9.17) is 5.11 Å². The maximum atomic E-state index is 12.4. The van der Waals surface area contributed by atoms with E-state index in [2.05, 4.69) is 5.10 Å². The van der Waals surface area contributed by atoms with E-state index in [1.54, 1.807) is 18.7 Å². The van der Waals surface area contributed by atoms with Gasteiger partial charge in [0.05, 0.1) is 17.1 Å². The summed E-state index contributed by atoms with van der Waals surface area (Å²) in [7, 11) is 1.75. The van der Waals surface area contributed by atoms with E-state index in [1.165, 1.54) is 22.9 Å². The molecule has 1 aliphatic rings. The zero-order valence-corrected chi connectivity index (χ0v) is 11.3. The lowest BCUT2D eigenvalue weighted by atomic mass is 10.2. The molecular weight excluding hydrogens is 254 g/mol. The SMILES string of the molecule is Cc1c(C(=O)N2C(C)SCC2C(=O)O)cnn1C. The number of aromatic nitrogens is 2. The van der Waals surface area contributed by atoms with E-state index in [0.29, 0.717) is 11.3 Å². The average molecular weight is 269 g/mol. The average Bonchev–Trinajstić information content (AvgIpc) is 2.84. The number of rotatable bonds is 2. The van der Waals surface area contributed by atoms with Crippen LogP contribution in [0, 0.1) is 6.92 Å². The van der Waals surface area contributed by atoms with Crippen LogP contribution < -0.4 is 0 Å². The molecule has 0 aromatic carbocycles. The summed E-state index contributed by atoms with van der Waals surface area (Å²) in [4.78, 5) is 25.0. The van der Waals surface area contributed by atoms with E-state index in [-0.39, 0.29) is 11.3 Å². The van der Waals surface area contributed by atoms with Crippen molar-refractivity contribution in [3.63, 3.8) is 0 Å². The van der Waals surface area contributed by atoms with Crippen LogP contribution in [0.25, 0.3) is 0 Å². The minimum absolute atomic E-state index is 0.127. The van der Waals surface area contributed by atoms with E-state index < -0.39 is 12.0 Å². The van der Waals surface area contributed by atoms with E-state index in [9.17, 15) is 9.59 Å². The molecule has 1 aromatic rings. The predicted octanol–water partition coefficient (Wildman–Crippen LogP) is 0.717. The van der Waals surface area contributed by atoms with Crippen LogP contribution >= 0.6 is 11.8 Å². The van der Waals surface area contributed by atoms with Gasteiger partial charge < -0.3 is 10.0 Å². The minimum Gasteiger partial charge on any atom is -0.480 e. The number of thioether (sulfide) groups is 1. The third-order valence-electron chi connectivity index (χ3n) is 3.21. The Morgan fingerprint density at radius 3 is 2.72 bits per heavy atom. The highest BCUT2D eigenvalue weighted by Gasteiger charge is 2.40. The van der Waals surface area contributed by atoms with Gasteiger partial charge in [-0.25, -0.2) is 4.79 Å². The minimum atomic E-state index is -0.957. The highest BCUT2D eigenvalue weighted by Crippen LogP contribution is 2.30. The molecule has 2 unspecified atom stereocenters. The third-order valence-corrected chi connectivity index (χ3v) is 4.43. The Labute approximate surface area is 109 Å². The summed E-state index contributed by atoms with van der Waals surface area (Å²) in [5, 5.41) is 13.0. The first-order valence-corrected chi connectivity index (χ1v) is 6.64. The number of aryl methyl sites for hydroxylation is 1. The molecule has 98 valence electrons. The van der Waals surface area contributed by atoms with Gasteiger partial charge in [-0.05, 0) is 13.8 Å². The van der Waals surface area contributed by atoms with Crippen LogP contribution in [0.4, 0.5) is 0 Å². The molecule has 2 rings (SSSR count). The molecule has 18 heavy (non-hydrogen) atoms. The first kappa shape index (κ1) is 12.9. The summed E-state index contributed by atoms with van der Waals surface area (Å²) in [6.45, 7) is 3.64. The van der Waals surface area contributed by atoms with Crippen LogP contribution in [0.3, 0.4) is 0 Å². The number of aliphatic carboxylic acids is 1. The van der Waals surface area contributed by atoms with Gasteiger partial charge in [-0.15, -0.1) is 11.8 Å². The number of hydrogen-bond acceptors (Lipinski definition) is 4. The van der Waals surface area contributed by atoms with Crippen LogP contribution in [0.1, 0.15) is 23.0 Å². The van der Waals surface area contributed by atoms with Gasteiger partial charge in [0.25, 0.3) is 5.91 Å². The third kappa shape index (κ3) is 1.98. The van der Waals surface area contributed by atoms with Crippen molar-refractivity contribution in [1.29, 1.82) is 0 Å². The standard InChI is InChI=1S/C11H15N3O3S/c1-6-8(4-12-13(6)3)10(15)14-7(2)18-5-9(14)11(16)17/h4,7,9H,5H2,1-3H3,(H,16,17). The van der Waals surface area contributed by atoms with Crippen molar-refractivity contribution >= 4 is 23.6 Å². The van der Waals surface area contributed by atoms with Gasteiger partial charge >= 0.3 is 5.97 Å². The summed E-state index contributed by atoms with van der Waals surface area (Å²) >= 11 is 1.47. The van der Waals surface area contributed by atoms with Crippen molar-refractivity contribution in [2.24, 2.45) is 7.05 Å². The quantitative estimate of drug-likeness (QED) is 0.856. The maximum Gasteiger partial charge on any atom is 0.327 e. The number of nitrogens with zero attached hydrogens (tertiary/aromatic N) is 3. The van der Waals surface area contributed by atoms with Crippen molar-refractivity contribution in [2.75, 3.05) is 5.75 Å². The van der Waals surface area contributed by atoms with Gasteiger partial charge in [-0.3, -0.25) is 9.48 Å². The lowest BCUT2D eigenvalue weighted by Crippen LogP contribution is -2.44. The molecule has 2 heterocycles. The lowest BCUT2D eigenvalue weighted by molar-refractivity contribution is -0.141. The number of carbonyl (C=O) groups excluding carboxylic acids is 1. The second-order valence-electron chi connectivity index (χ2n) is 4.27. The fourth-order valence-electron chi connectivity index (χ4n) is 1.99. The fourth-order valence-corrected chi connectivity index (χ4v) is 3.16. The molecule has 0 saturated carbocycles. The Morgan fingerprint density at radius 2 is 2.22 bits per heavy atom. The van der Waals surface area contributed by atoms with Crippen molar-refractivity contribution in [1.82, 2.24) is 14.7 Å². The number of carboxylic acid groups (broad SMARTS) is 1. The normalized spacial score (nSPS) is 23.4. The van der Waals surface area contributed by atoms with E-state index >= 15 is 0 Å². The van der Waals surface area contributed by atoms with Crippen LogP contribution in [0.5, 0.6) is 0 Å². The predicted molar refractivity (Wildman–Crippen MR) is 67.5 cm³/mol. The van der Waals surface area contributed by atoms with Gasteiger partial charge in [0, 0.05) is 18.5 Å². The maximum absolute atomic E-state index is 12.4. The molecule has 1 aliphatic heterocycles. The van der Waals surface area contributed by atoms with Gasteiger partial charge in [0.15, 0.2) is 0 Å². The summed E-state index contributed by atoms with van der Waals surface area (Å²) in [6.07, 6.45) is 1.49. The summed E-state index contributed by atoms with van der Waals surface area (Å²) in [6, 6.07) is -0.753. The van der Waals surface area contributed by atoms with Crippen molar-refractivity contribution in [2.45, 2.75) is 25.3 Å². The monoisotopic (exact) mass is 269 g/mol. The molecule has 2 atom stereocenters. The summed E-state index contributed by atoms with van der Waals surface area (Å²) < 4.78 is 1.61. The molecule has 1 amide bonds. The Bertz CT molecular complexity index is 500. The van der Waals surface area contributed by atoms with Gasteiger partial charge in [-0.1, -0.05) is 0 Å². The Hall–Kier alpha value is -1.50. The van der Waals surface area contributed by atoms with Gasteiger partial charge in [0.1, 0.15) is 6.04 Å². The lowest BCUT2D eigenvalue weighted by Gasteiger charge is -2.24. The zero-order chi connectivity index (χ0) is 13.4. The second kappa shape index (κ2) is 4.64. The highest BCUT2D eigenvalue weighted by atomic mass is 32.2. The van der Waals surface area contributed by atoms with Crippen molar-refractivity contribution < 1.29 is 14.7 Å². The largest absolute Gasteiger partial charge is 0.480 e. The smallest absolute Gasteiger partial charge is 0.327 e.